The minimum Gasteiger partial charge on any atom is -0.376 e. The van der Waals surface area contributed by atoms with Crippen LogP contribution in [0, 0.1) is 6.92 Å². The van der Waals surface area contributed by atoms with Gasteiger partial charge in [-0.3, -0.25) is 4.79 Å². The summed E-state index contributed by atoms with van der Waals surface area (Å²) in [5.41, 5.74) is 8.38. The molecule has 1 aliphatic carbocycles. The van der Waals surface area contributed by atoms with Crippen LogP contribution in [-0.2, 0) is 16.0 Å². The van der Waals surface area contributed by atoms with E-state index >= 15 is 0 Å². The topological polar surface area (TPSA) is 64.3 Å². The zero-order chi connectivity index (χ0) is 14.5. The van der Waals surface area contributed by atoms with E-state index in [1.165, 1.54) is 11.1 Å². The van der Waals surface area contributed by atoms with Crippen LogP contribution in [0.1, 0.15) is 30.9 Å². The van der Waals surface area contributed by atoms with Gasteiger partial charge < -0.3 is 15.8 Å². The minimum absolute atomic E-state index is 0.0222. The summed E-state index contributed by atoms with van der Waals surface area (Å²) in [6, 6.07) is 8.15. The molecule has 1 aromatic rings. The van der Waals surface area contributed by atoms with Crippen LogP contribution < -0.4 is 11.1 Å². The van der Waals surface area contributed by atoms with Gasteiger partial charge in [-0.25, -0.2) is 0 Å². The molecule has 1 fully saturated rings. The average molecular weight is 276 g/mol. The number of benzene rings is 1. The first kappa shape index (κ1) is 15.0. The molecule has 3 N–H and O–H groups in total. The molecule has 3 atom stereocenters. The number of hydrogen-bond donors (Lipinski definition) is 2. The van der Waals surface area contributed by atoms with Crippen LogP contribution in [0.3, 0.4) is 0 Å². The third-order valence-corrected chi connectivity index (χ3v) is 3.96. The Morgan fingerprint density at radius 3 is 2.85 bits per heavy atom. The quantitative estimate of drug-likeness (QED) is 0.828. The van der Waals surface area contributed by atoms with Gasteiger partial charge in [0.15, 0.2) is 0 Å². The lowest BCUT2D eigenvalue weighted by atomic mass is 9.83. The summed E-state index contributed by atoms with van der Waals surface area (Å²) in [5.74, 6) is 0.0538. The van der Waals surface area contributed by atoms with Gasteiger partial charge in [0.25, 0.3) is 0 Å². The highest BCUT2D eigenvalue weighted by Gasteiger charge is 2.40. The van der Waals surface area contributed by atoms with Crippen LogP contribution in [-0.4, -0.2) is 30.7 Å². The molecule has 0 radical (unpaired) electrons. The summed E-state index contributed by atoms with van der Waals surface area (Å²) in [5, 5.41) is 3.00. The van der Waals surface area contributed by atoms with Crippen molar-refractivity contribution in [3.05, 3.63) is 35.4 Å². The third-order valence-electron chi connectivity index (χ3n) is 3.96. The molecule has 1 saturated carbocycles. The zero-order valence-corrected chi connectivity index (χ0v) is 12.3. The standard InChI is InChI=1S/C16H24N2O2/c1-3-20-14-10-13(17)16(14)18-15(19)9-8-12-7-5-4-6-11(12)2/h4-7,13-14,16H,3,8-10,17H2,1-2H3,(H,18,19). The van der Waals surface area contributed by atoms with Crippen molar-refractivity contribution in [3.63, 3.8) is 0 Å². The van der Waals surface area contributed by atoms with Crippen LogP contribution in [0.5, 0.6) is 0 Å². The summed E-state index contributed by atoms with van der Waals surface area (Å²) in [6.07, 6.45) is 2.17. The fraction of sp³-hybridized carbons (Fsp3) is 0.562. The molecule has 20 heavy (non-hydrogen) atoms. The first-order valence-electron chi connectivity index (χ1n) is 7.33. The number of aryl methyl sites for hydroxylation is 2. The fourth-order valence-corrected chi connectivity index (χ4v) is 2.62. The molecule has 0 spiro atoms. The normalized spacial score (nSPS) is 25.1. The van der Waals surface area contributed by atoms with E-state index in [0.717, 1.165) is 12.8 Å². The van der Waals surface area contributed by atoms with Crippen molar-refractivity contribution in [2.75, 3.05) is 6.61 Å². The molecule has 0 aliphatic heterocycles. The molecule has 3 unspecified atom stereocenters. The molecule has 0 saturated heterocycles. The van der Waals surface area contributed by atoms with Crippen molar-refractivity contribution in [3.8, 4) is 0 Å². The van der Waals surface area contributed by atoms with Gasteiger partial charge in [0.1, 0.15) is 0 Å². The van der Waals surface area contributed by atoms with Gasteiger partial charge in [0.05, 0.1) is 12.1 Å². The highest BCUT2D eigenvalue weighted by molar-refractivity contribution is 5.77. The van der Waals surface area contributed by atoms with E-state index < -0.39 is 0 Å². The Morgan fingerprint density at radius 2 is 2.20 bits per heavy atom. The largest absolute Gasteiger partial charge is 0.376 e. The SMILES string of the molecule is CCOC1CC(N)C1NC(=O)CCc1ccccc1C. The number of ether oxygens (including phenoxy) is 1. The molecule has 0 heterocycles. The van der Waals surface area contributed by atoms with Crippen molar-refractivity contribution in [1.29, 1.82) is 0 Å². The molecular weight excluding hydrogens is 252 g/mol. The maximum atomic E-state index is 12.0. The molecule has 1 aromatic carbocycles. The Kier molecular flexibility index (Phi) is 5.15. The summed E-state index contributed by atoms with van der Waals surface area (Å²) in [4.78, 5) is 12.0. The van der Waals surface area contributed by atoms with Gasteiger partial charge in [-0.2, -0.15) is 0 Å². The molecule has 4 heteroatoms. The van der Waals surface area contributed by atoms with E-state index in [-0.39, 0.29) is 24.1 Å². The lowest BCUT2D eigenvalue weighted by molar-refractivity contribution is -0.125. The van der Waals surface area contributed by atoms with E-state index in [0.29, 0.717) is 13.0 Å². The number of nitrogens with two attached hydrogens (primary N) is 1. The Bertz CT molecular complexity index is 460. The number of rotatable bonds is 6. The van der Waals surface area contributed by atoms with Gasteiger partial charge in [-0.05, 0) is 37.8 Å². The predicted molar refractivity (Wildman–Crippen MR) is 79.4 cm³/mol. The predicted octanol–water partition coefficient (Wildman–Crippen LogP) is 1.55. The maximum absolute atomic E-state index is 12.0. The number of carbonyl (C=O) groups is 1. The fourth-order valence-electron chi connectivity index (χ4n) is 2.62. The van der Waals surface area contributed by atoms with E-state index in [4.69, 9.17) is 10.5 Å². The van der Waals surface area contributed by atoms with E-state index in [1.807, 2.05) is 19.1 Å². The number of amides is 1. The van der Waals surface area contributed by atoms with Gasteiger partial charge in [0.2, 0.25) is 5.91 Å². The Labute approximate surface area is 120 Å². The Hall–Kier alpha value is -1.39. The van der Waals surface area contributed by atoms with Crippen molar-refractivity contribution >= 4 is 5.91 Å². The highest BCUT2D eigenvalue weighted by atomic mass is 16.5. The van der Waals surface area contributed by atoms with E-state index in [9.17, 15) is 4.79 Å². The monoisotopic (exact) mass is 276 g/mol. The summed E-state index contributed by atoms with van der Waals surface area (Å²) in [6.45, 7) is 4.69. The molecule has 110 valence electrons. The highest BCUT2D eigenvalue weighted by Crippen LogP contribution is 2.22. The van der Waals surface area contributed by atoms with Crippen LogP contribution in [0.25, 0.3) is 0 Å². The molecule has 0 bridgehead atoms. The van der Waals surface area contributed by atoms with Gasteiger partial charge in [-0.15, -0.1) is 0 Å². The second kappa shape index (κ2) is 6.86. The Morgan fingerprint density at radius 1 is 1.45 bits per heavy atom. The molecule has 1 amide bonds. The summed E-state index contributed by atoms with van der Waals surface area (Å²) < 4.78 is 5.55. The maximum Gasteiger partial charge on any atom is 0.220 e. The van der Waals surface area contributed by atoms with Gasteiger partial charge >= 0.3 is 0 Å². The van der Waals surface area contributed by atoms with Crippen LogP contribution >= 0.6 is 0 Å². The lowest BCUT2D eigenvalue weighted by Crippen LogP contribution is -2.64. The third kappa shape index (κ3) is 3.58. The number of carbonyl (C=O) groups excluding carboxylic acids is 1. The smallest absolute Gasteiger partial charge is 0.220 e. The molecule has 1 aliphatic rings. The van der Waals surface area contributed by atoms with E-state index in [2.05, 4.69) is 24.4 Å². The number of nitrogens with one attached hydrogen (secondary N) is 1. The van der Waals surface area contributed by atoms with E-state index in [1.54, 1.807) is 0 Å². The first-order chi connectivity index (χ1) is 9.61. The molecular formula is C16H24N2O2. The summed E-state index contributed by atoms with van der Waals surface area (Å²) in [7, 11) is 0. The Balaban J connectivity index is 1.79. The van der Waals surface area contributed by atoms with Gasteiger partial charge in [-0.1, -0.05) is 24.3 Å². The molecule has 0 aromatic heterocycles. The zero-order valence-electron chi connectivity index (χ0n) is 12.3. The van der Waals surface area contributed by atoms with Crippen molar-refractivity contribution in [2.24, 2.45) is 5.73 Å². The minimum atomic E-state index is -0.0284. The van der Waals surface area contributed by atoms with Gasteiger partial charge in [0, 0.05) is 19.1 Å². The molecule has 4 nitrogen and oxygen atoms in total. The van der Waals surface area contributed by atoms with Crippen LogP contribution in [0.15, 0.2) is 24.3 Å². The van der Waals surface area contributed by atoms with Crippen molar-refractivity contribution in [1.82, 2.24) is 5.32 Å². The average Bonchev–Trinajstić information content (AvgIpc) is 2.44. The lowest BCUT2D eigenvalue weighted by Gasteiger charge is -2.42. The second-order valence-electron chi connectivity index (χ2n) is 5.41. The first-order valence-corrected chi connectivity index (χ1v) is 7.33. The van der Waals surface area contributed by atoms with Crippen molar-refractivity contribution in [2.45, 2.75) is 51.3 Å². The summed E-state index contributed by atoms with van der Waals surface area (Å²) >= 11 is 0. The number of hydrogen-bond acceptors (Lipinski definition) is 3. The van der Waals surface area contributed by atoms with Crippen molar-refractivity contribution < 1.29 is 9.53 Å². The second-order valence-corrected chi connectivity index (χ2v) is 5.41. The van der Waals surface area contributed by atoms with Crippen LogP contribution in [0.2, 0.25) is 0 Å². The van der Waals surface area contributed by atoms with Crippen LogP contribution in [0.4, 0.5) is 0 Å². The molecule has 2 rings (SSSR count).